The van der Waals surface area contributed by atoms with Gasteiger partial charge in [-0.15, -0.1) is 10.2 Å². The van der Waals surface area contributed by atoms with E-state index in [9.17, 15) is 14.9 Å². The quantitative estimate of drug-likeness (QED) is 0.278. The summed E-state index contributed by atoms with van der Waals surface area (Å²) in [5.74, 6) is -0.458. The highest BCUT2D eigenvalue weighted by molar-refractivity contribution is 5.86. The molecular formula is C18H15N3O6. The number of esters is 1. The minimum atomic E-state index is -0.764. The van der Waals surface area contributed by atoms with Crippen LogP contribution in [0.1, 0.15) is 30.2 Å². The highest BCUT2D eigenvalue weighted by Crippen LogP contribution is 2.23. The smallest absolute Gasteiger partial charge is 0.433 e. The van der Waals surface area contributed by atoms with Gasteiger partial charge < -0.3 is 13.6 Å². The Bertz CT molecular complexity index is 987. The largest absolute Gasteiger partial charge is 0.449 e. The summed E-state index contributed by atoms with van der Waals surface area (Å²) < 4.78 is 15.6. The summed E-state index contributed by atoms with van der Waals surface area (Å²) >= 11 is 0. The van der Waals surface area contributed by atoms with Crippen LogP contribution in [0.5, 0.6) is 0 Å². The maximum absolute atomic E-state index is 11.9. The van der Waals surface area contributed by atoms with Crippen LogP contribution in [0.25, 0.3) is 17.5 Å². The molecule has 0 aliphatic rings. The van der Waals surface area contributed by atoms with Crippen molar-refractivity contribution in [2.24, 2.45) is 0 Å². The third-order valence-electron chi connectivity index (χ3n) is 3.56. The van der Waals surface area contributed by atoms with Crippen LogP contribution in [-0.2, 0) is 9.53 Å². The number of furan rings is 1. The summed E-state index contributed by atoms with van der Waals surface area (Å²) in [7, 11) is 0. The Balaban J connectivity index is 1.61. The first-order valence-corrected chi connectivity index (χ1v) is 7.96. The molecule has 1 aromatic carbocycles. The van der Waals surface area contributed by atoms with Gasteiger partial charge in [-0.1, -0.05) is 17.7 Å². The zero-order valence-corrected chi connectivity index (χ0v) is 14.5. The zero-order chi connectivity index (χ0) is 19.4. The first-order valence-electron chi connectivity index (χ1n) is 7.96. The number of nitro groups is 1. The summed E-state index contributed by atoms with van der Waals surface area (Å²) in [6.07, 6.45) is 1.60. The second-order valence-electron chi connectivity index (χ2n) is 5.66. The number of hydrogen-bond donors (Lipinski definition) is 0. The molecule has 3 rings (SSSR count). The van der Waals surface area contributed by atoms with Crippen LogP contribution < -0.4 is 0 Å². The SMILES string of the molecule is Cc1ccc(-c2nnc([C@H](C)OC(=O)/C=C/c3ccc([N+](=O)[O-])o3)o2)cc1. The summed E-state index contributed by atoms with van der Waals surface area (Å²) in [5, 5.41) is 18.4. The van der Waals surface area contributed by atoms with Gasteiger partial charge >= 0.3 is 11.9 Å². The van der Waals surface area contributed by atoms with E-state index in [1.807, 2.05) is 31.2 Å². The van der Waals surface area contributed by atoms with E-state index >= 15 is 0 Å². The Morgan fingerprint density at radius 1 is 1.19 bits per heavy atom. The lowest BCUT2D eigenvalue weighted by Gasteiger charge is -2.06. The molecule has 0 unspecified atom stereocenters. The van der Waals surface area contributed by atoms with Gasteiger partial charge in [0, 0.05) is 11.6 Å². The molecule has 3 aromatic rings. The van der Waals surface area contributed by atoms with Gasteiger partial charge in [-0.25, -0.2) is 4.79 Å². The van der Waals surface area contributed by atoms with E-state index in [4.69, 9.17) is 13.6 Å². The molecule has 9 nitrogen and oxygen atoms in total. The molecule has 0 amide bonds. The summed E-state index contributed by atoms with van der Waals surface area (Å²) in [6, 6.07) is 10.1. The van der Waals surface area contributed by atoms with E-state index in [1.165, 1.54) is 18.2 Å². The van der Waals surface area contributed by atoms with Gasteiger partial charge in [-0.05, 0) is 38.1 Å². The number of aryl methyl sites for hydroxylation is 1. The molecule has 1 atom stereocenters. The van der Waals surface area contributed by atoms with E-state index < -0.39 is 22.9 Å². The van der Waals surface area contributed by atoms with Crippen molar-refractivity contribution in [3.8, 4) is 11.5 Å². The van der Waals surface area contributed by atoms with Crippen molar-refractivity contribution in [3.05, 3.63) is 69.8 Å². The van der Waals surface area contributed by atoms with Crippen LogP contribution in [0.4, 0.5) is 5.88 Å². The molecule has 0 saturated heterocycles. The van der Waals surface area contributed by atoms with Gasteiger partial charge in [0.25, 0.3) is 5.89 Å². The molecule has 0 aliphatic carbocycles. The second-order valence-corrected chi connectivity index (χ2v) is 5.66. The van der Waals surface area contributed by atoms with Gasteiger partial charge in [0.2, 0.25) is 5.89 Å². The minimum Gasteiger partial charge on any atom is -0.449 e. The molecule has 0 saturated carbocycles. The van der Waals surface area contributed by atoms with Gasteiger partial charge in [0.05, 0.1) is 6.07 Å². The topological polar surface area (TPSA) is 122 Å². The van der Waals surface area contributed by atoms with E-state index in [-0.39, 0.29) is 11.7 Å². The minimum absolute atomic E-state index is 0.154. The molecule has 2 aromatic heterocycles. The van der Waals surface area contributed by atoms with Crippen LogP contribution in [-0.4, -0.2) is 21.1 Å². The average Bonchev–Trinajstić information content (AvgIpc) is 3.30. The number of hydrogen-bond acceptors (Lipinski definition) is 8. The summed E-state index contributed by atoms with van der Waals surface area (Å²) in [6.45, 7) is 3.56. The molecule has 27 heavy (non-hydrogen) atoms. The van der Waals surface area contributed by atoms with Crippen LogP contribution in [0.3, 0.4) is 0 Å². The van der Waals surface area contributed by atoms with E-state index in [0.717, 1.165) is 17.2 Å². The molecule has 2 heterocycles. The zero-order valence-electron chi connectivity index (χ0n) is 14.5. The van der Waals surface area contributed by atoms with Crippen molar-refractivity contribution in [2.75, 3.05) is 0 Å². The molecule has 0 bridgehead atoms. The lowest BCUT2D eigenvalue weighted by atomic mass is 10.1. The Labute approximate surface area is 153 Å². The van der Waals surface area contributed by atoms with Crippen molar-refractivity contribution >= 4 is 17.9 Å². The van der Waals surface area contributed by atoms with Crippen molar-refractivity contribution in [2.45, 2.75) is 20.0 Å². The first kappa shape index (κ1) is 18.1. The maximum atomic E-state index is 11.9. The summed E-state index contributed by atoms with van der Waals surface area (Å²) in [5.41, 5.74) is 1.87. The highest BCUT2D eigenvalue weighted by Gasteiger charge is 2.18. The lowest BCUT2D eigenvalue weighted by Crippen LogP contribution is -2.06. The third-order valence-corrected chi connectivity index (χ3v) is 3.56. The van der Waals surface area contributed by atoms with Gasteiger partial charge in [-0.2, -0.15) is 0 Å². The predicted molar refractivity (Wildman–Crippen MR) is 93.4 cm³/mol. The molecule has 0 aliphatic heterocycles. The number of benzene rings is 1. The van der Waals surface area contributed by atoms with E-state index in [2.05, 4.69) is 10.2 Å². The lowest BCUT2D eigenvalue weighted by molar-refractivity contribution is -0.402. The molecule has 138 valence electrons. The third kappa shape index (κ3) is 4.46. The van der Waals surface area contributed by atoms with Crippen molar-refractivity contribution in [1.82, 2.24) is 10.2 Å². The van der Waals surface area contributed by atoms with Gasteiger partial charge in [0.15, 0.2) is 6.10 Å². The normalized spacial score (nSPS) is 12.2. The monoisotopic (exact) mass is 369 g/mol. The number of carbonyl (C=O) groups excluding carboxylic acids is 1. The molecule has 0 N–H and O–H groups in total. The Morgan fingerprint density at radius 2 is 1.93 bits per heavy atom. The van der Waals surface area contributed by atoms with Crippen molar-refractivity contribution < 1.29 is 23.3 Å². The van der Waals surface area contributed by atoms with Crippen molar-refractivity contribution in [1.29, 1.82) is 0 Å². The number of carbonyl (C=O) groups is 1. The fraction of sp³-hybridized carbons (Fsp3) is 0.167. The van der Waals surface area contributed by atoms with E-state index in [0.29, 0.717) is 5.89 Å². The maximum Gasteiger partial charge on any atom is 0.433 e. The number of ether oxygens (including phenoxy) is 1. The molecule has 9 heteroatoms. The fourth-order valence-electron chi connectivity index (χ4n) is 2.16. The predicted octanol–water partition coefficient (Wildman–Crippen LogP) is 3.86. The molecule has 0 radical (unpaired) electrons. The Hall–Kier alpha value is -3.75. The molecule has 0 spiro atoms. The summed E-state index contributed by atoms with van der Waals surface area (Å²) in [4.78, 5) is 21.8. The average molecular weight is 369 g/mol. The second kappa shape index (κ2) is 7.65. The molecular weight excluding hydrogens is 354 g/mol. The number of rotatable bonds is 6. The van der Waals surface area contributed by atoms with Gasteiger partial charge in [-0.3, -0.25) is 10.1 Å². The Morgan fingerprint density at radius 3 is 2.59 bits per heavy atom. The van der Waals surface area contributed by atoms with Gasteiger partial charge in [0.1, 0.15) is 10.7 Å². The number of nitrogens with zero attached hydrogens (tertiary/aromatic N) is 3. The van der Waals surface area contributed by atoms with E-state index in [1.54, 1.807) is 6.92 Å². The van der Waals surface area contributed by atoms with Crippen LogP contribution >= 0.6 is 0 Å². The fourth-order valence-corrected chi connectivity index (χ4v) is 2.16. The van der Waals surface area contributed by atoms with Crippen molar-refractivity contribution in [3.63, 3.8) is 0 Å². The first-order chi connectivity index (χ1) is 12.9. The van der Waals surface area contributed by atoms with Crippen LogP contribution in [0, 0.1) is 17.0 Å². The van der Waals surface area contributed by atoms with Crippen LogP contribution in [0.15, 0.2) is 51.3 Å². The highest BCUT2D eigenvalue weighted by atomic mass is 16.6. The van der Waals surface area contributed by atoms with Crippen LogP contribution in [0.2, 0.25) is 0 Å². The molecule has 0 fully saturated rings. The standard InChI is InChI=1S/C18H15N3O6/c1-11-3-5-13(6-4-11)18-20-19-17(27-18)12(2)25-16(22)10-8-14-7-9-15(26-14)21(23)24/h3-10,12H,1-2H3/b10-8+/t12-/m0/s1. The number of aromatic nitrogens is 2. The Kier molecular flexibility index (Phi) is 5.11.